The number of benzene rings is 2. The quantitative estimate of drug-likeness (QED) is 0.906. The zero-order valence-corrected chi connectivity index (χ0v) is 12.7. The van der Waals surface area contributed by atoms with E-state index in [2.05, 4.69) is 50.8 Å². The van der Waals surface area contributed by atoms with E-state index in [9.17, 15) is 4.79 Å². The largest absolute Gasteiger partial charge is 0.326 e. The molecule has 3 rings (SSSR count). The Balaban J connectivity index is 1.96. The van der Waals surface area contributed by atoms with Gasteiger partial charge < -0.3 is 10.6 Å². The molecule has 0 aromatic heterocycles. The van der Waals surface area contributed by atoms with Crippen LogP contribution in [-0.2, 0) is 11.2 Å². The lowest BCUT2D eigenvalue weighted by atomic mass is 9.96. The van der Waals surface area contributed by atoms with Crippen molar-refractivity contribution in [3.05, 3.63) is 63.6 Å². The molecule has 1 aliphatic heterocycles. The molecule has 1 atom stereocenters. The maximum absolute atomic E-state index is 11.4. The van der Waals surface area contributed by atoms with E-state index in [1.807, 2.05) is 25.2 Å². The fraction of sp³-hybridized carbons (Fsp3) is 0.188. The van der Waals surface area contributed by atoms with Gasteiger partial charge in [-0.3, -0.25) is 4.79 Å². The highest BCUT2D eigenvalue weighted by Gasteiger charge is 2.20. The smallest absolute Gasteiger partial charge is 0.228 e. The Hall–Kier alpha value is -1.65. The van der Waals surface area contributed by atoms with Gasteiger partial charge in [-0.05, 0) is 41.9 Å². The number of carbonyl (C=O) groups excluding carboxylic acids is 1. The molecule has 3 nitrogen and oxygen atoms in total. The van der Waals surface area contributed by atoms with E-state index in [-0.39, 0.29) is 11.9 Å². The molecule has 0 saturated carbocycles. The predicted octanol–water partition coefficient (Wildman–Crippen LogP) is 3.25. The van der Waals surface area contributed by atoms with Crippen molar-refractivity contribution >= 4 is 27.5 Å². The highest BCUT2D eigenvalue weighted by Crippen LogP contribution is 2.29. The Morgan fingerprint density at radius 1 is 1.15 bits per heavy atom. The average molecular weight is 331 g/mol. The molecule has 1 heterocycles. The van der Waals surface area contributed by atoms with E-state index in [1.165, 1.54) is 11.1 Å². The Morgan fingerprint density at radius 2 is 1.85 bits per heavy atom. The standard InChI is InChI=1S/C16H15BrN2O/c1-18-16(10-2-5-13(17)6-3-10)11-4-7-14-12(8-11)9-15(20)19-14/h2-8,16,18H,9H2,1H3,(H,19,20). The van der Waals surface area contributed by atoms with E-state index < -0.39 is 0 Å². The normalized spacial score (nSPS) is 14.8. The van der Waals surface area contributed by atoms with Gasteiger partial charge in [-0.2, -0.15) is 0 Å². The fourth-order valence-electron chi connectivity index (χ4n) is 2.61. The Morgan fingerprint density at radius 3 is 2.55 bits per heavy atom. The first-order valence-corrected chi connectivity index (χ1v) is 7.32. The van der Waals surface area contributed by atoms with Crippen molar-refractivity contribution in [2.24, 2.45) is 0 Å². The van der Waals surface area contributed by atoms with Crippen LogP contribution in [0.5, 0.6) is 0 Å². The fourth-order valence-corrected chi connectivity index (χ4v) is 2.87. The Kier molecular flexibility index (Phi) is 3.59. The van der Waals surface area contributed by atoms with Crippen LogP contribution in [0.3, 0.4) is 0 Å². The molecule has 20 heavy (non-hydrogen) atoms. The van der Waals surface area contributed by atoms with Crippen molar-refractivity contribution in [3.8, 4) is 0 Å². The SMILES string of the molecule is CNC(c1ccc(Br)cc1)c1ccc2c(c1)CC(=O)N2. The van der Waals surface area contributed by atoms with Crippen molar-refractivity contribution in [2.75, 3.05) is 12.4 Å². The maximum atomic E-state index is 11.4. The lowest BCUT2D eigenvalue weighted by Gasteiger charge is -2.18. The third-order valence-electron chi connectivity index (χ3n) is 3.58. The third-order valence-corrected chi connectivity index (χ3v) is 4.11. The first-order valence-electron chi connectivity index (χ1n) is 6.53. The number of nitrogens with one attached hydrogen (secondary N) is 2. The van der Waals surface area contributed by atoms with Crippen molar-refractivity contribution < 1.29 is 4.79 Å². The van der Waals surface area contributed by atoms with Gasteiger partial charge in [0.1, 0.15) is 0 Å². The zero-order valence-electron chi connectivity index (χ0n) is 11.1. The van der Waals surface area contributed by atoms with Crippen molar-refractivity contribution in [1.29, 1.82) is 0 Å². The van der Waals surface area contributed by atoms with Crippen LogP contribution >= 0.6 is 15.9 Å². The molecule has 2 aromatic rings. The molecule has 0 fully saturated rings. The second-order valence-electron chi connectivity index (χ2n) is 4.91. The summed E-state index contributed by atoms with van der Waals surface area (Å²) in [5.41, 5.74) is 4.38. The number of anilines is 1. The molecule has 2 N–H and O–H groups in total. The molecule has 0 aliphatic carbocycles. The van der Waals surface area contributed by atoms with Gasteiger partial charge in [0, 0.05) is 10.2 Å². The number of rotatable bonds is 3. The summed E-state index contributed by atoms with van der Waals surface area (Å²) in [5.74, 6) is 0.0711. The summed E-state index contributed by atoms with van der Waals surface area (Å²) in [6.07, 6.45) is 0.472. The summed E-state index contributed by atoms with van der Waals surface area (Å²) in [6, 6.07) is 14.6. The summed E-state index contributed by atoms with van der Waals surface area (Å²) in [4.78, 5) is 11.4. The topological polar surface area (TPSA) is 41.1 Å². The molecule has 1 amide bonds. The molecule has 1 aliphatic rings. The first-order chi connectivity index (χ1) is 9.67. The third kappa shape index (κ3) is 2.49. The van der Waals surface area contributed by atoms with Crippen LogP contribution in [-0.4, -0.2) is 13.0 Å². The van der Waals surface area contributed by atoms with Gasteiger partial charge in [-0.25, -0.2) is 0 Å². The van der Waals surface area contributed by atoms with E-state index in [0.29, 0.717) is 6.42 Å². The van der Waals surface area contributed by atoms with Gasteiger partial charge in [-0.15, -0.1) is 0 Å². The van der Waals surface area contributed by atoms with Gasteiger partial charge in [-0.1, -0.05) is 40.2 Å². The van der Waals surface area contributed by atoms with Gasteiger partial charge in [0.2, 0.25) is 5.91 Å². The monoisotopic (exact) mass is 330 g/mol. The minimum absolute atomic E-state index is 0.0711. The number of carbonyl (C=O) groups is 1. The zero-order chi connectivity index (χ0) is 14.1. The minimum atomic E-state index is 0.0711. The molecular weight excluding hydrogens is 316 g/mol. The summed E-state index contributed by atoms with van der Waals surface area (Å²) < 4.78 is 1.07. The second-order valence-corrected chi connectivity index (χ2v) is 5.83. The molecule has 0 bridgehead atoms. The maximum Gasteiger partial charge on any atom is 0.228 e. The number of hydrogen-bond acceptors (Lipinski definition) is 2. The Labute approximate surface area is 126 Å². The predicted molar refractivity (Wildman–Crippen MR) is 83.8 cm³/mol. The molecule has 1 unspecified atom stereocenters. The van der Waals surface area contributed by atoms with Gasteiger partial charge >= 0.3 is 0 Å². The summed E-state index contributed by atoms with van der Waals surface area (Å²) >= 11 is 3.45. The average Bonchev–Trinajstić information content (AvgIpc) is 2.81. The Bertz CT molecular complexity index is 652. The van der Waals surface area contributed by atoms with Gasteiger partial charge in [0.05, 0.1) is 12.5 Å². The van der Waals surface area contributed by atoms with Crippen LogP contribution in [0.15, 0.2) is 46.9 Å². The van der Waals surface area contributed by atoms with Crippen LogP contribution in [0.25, 0.3) is 0 Å². The lowest BCUT2D eigenvalue weighted by molar-refractivity contribution is -0.115. The van der Waals surface area contributed by atoms with Crippen LogP contribution in [0.4, 0.5) is 5.69 Å². The number of fused-ring (bicyclic) bond motifs is 1. The molecule has 0 radical (unpaired) electrons. The van der Waals surface area contributed by atoms with E-state index in [0.717, 1.165) is 15.7 Å². The van der Waals surface area contributed by atoms with Gasteiger partial charge in [0.15, 0.2) is 0 Å². The van der Waals surface area contributed by atoms with E-state index >= 15 is 0 Å². The summed E-state index contributed by atoms with van der Waals surface area (Å²) in [6.45, 7) is 0. The lowest BCUT2D eigenvalue weighted by Crippen LogP contribution is -2.17. The number of halogens is 1. The molecular formula is C16H15BrN2O. The molecule has 4 heteroatoms. The van der Waals surface area contributed by atoms with E-state index in [4.69, 9.17) is 0 Å². The first kappa shape index (κ1) is 13.3. The summed E-state index contributed by atoms with van der Waals surface area (Å²) in [7, 11) is 1.95. The summed E-state index contributed by atoms with van der Waals surface area (Å²) in [5, 5.41) is 6.20. The second kappa shape index (κ2) is 5.38. The molecule has 0 spiro atoms. The van der Waals surface area contributed by atoms with E-state index in [1.54, 1.807) is 0 Å². The van der Waals surface area contributed by atoms with Crippen LogP contribution in [0.1, 0.15) is 22.7 Å². The number of hydrogen-bond donors (Lipinski definition) is 2. The highest BCUT2D eigenvalue weighted by atomic mass is 79.9. The highest BCUT2D eigenvalue weighted by molar-refractivity contribution is 9.10. The van der Waals surface area contributed by atoms with Crippen molar-refractivity contribution in [2.45, 2.75) is 12.5 Å². The number of amides is 1. The minimum Gasteiger partial charge on any atom is -0.326 e. The van der Waals surface area contributed by atoms with Crippen molar-refractivity contribution in [3.63, 3.8) is 0 Å². The van der Waals surface area contributed by atoms with Crippen LogP contribution < -0.4 is 10.6 Å². The van der Waals surface area contributed by atoms with Crippen LogP contribution in [0.2, 0.25) is 0 Å². The molecule has 0 saturated heterocycles. The molecule has 102 valence electrons. The molecule has 2 aromatic carbocycles. The van der Waals surface area contributed by atoms with Crippen molar-refractivity contribution in [1.82, 2.24) is 5.32 Å². The van der Waals surface area contributed by atoms with Gasteiger partial charge in [0.25, 0.3) is 0 Å². The van der Waals surface area contributed by atoms with Crippen LogP contribution in [0, 0.1) is 0 Å².